The van der Waals surface area contributed by atoms with Gasteiger partial charge in [-0.05, 0) is 42.0 Å². The first-order chi connectivity index (χ1) is 11.5. The quantitative estimate of drug-likeness (QED) is 0.705. The summed E-state index contributed by atoms with van der Waals surface area (Å²) in [7, 11) is -2.15. The van der Waals surface area contributed by atoms with Crippen molar-refractivity contribution in [1.29, 1.82) is 5.26 Å². The first-order valence-electron chi connectivity index (χ1n) is 7.21. The maximum Gasteiger partial charge on any atom is 0.243 e. The van der Waals surface area contributed by atoms with E-state index in [1.54, 1.807) is 0 Å². The Balaban J connectivity index is 2.32. The number of methoxy groups -OCH3 is 1. The largest absolute Gasteiger partial charge is 0.383 e. The van der Waals surface area contributed by atoms with Crippen molar-refractivity contribution in [2.75, 3.05) is 20.3 Å². The van der Waals surface area contributed by atoms with E-state index in [0.717, 1.165) is 10.0 Å². The van der Waals surface area contributed by atoms with Crippen LogP contribution in [0.2, 0.25) is 0 Å². The van der Waals surface area contributed by atoms with Gasteiger partial charge in [-0.1, -0.05) is 28.1 Å². The molecule has 24 heavy (non-hydrogen) atoms. The Labute approximate surface area is 150 Å². The van der Waals surface area contributed by atoms with E-state index in [1.165, 1.54) is 35.7 Å². The molecule has 0 N–H and O–H groups in total. The lowest BCUT2D eigenvalue weighted by Crippen LogP contribution is -2.33. The molecule has 0 unspecified atom stereocenters. The summed E-state index contributed by atoms with van der Waals surface area (Å²) in [6.45, 7) is 0.778. The van der Waals surface area contributed by atoms with Gasteiger partial charge in [0.2, 0.25) is 10.0 Å². The fourth-order valence-corrected chi connectivity index (χ4v) is 4.03. The van der Waals surface area contributed by atoms with Crippen LogP contribution in [0.1, 0.15) is 11.1 Å². The fourth-order valence-electron chi connectivity index (χ4n) is 2.17. The summed E-state index contributed by atoms with van der Waals surface area (Å²) in [5, 5.41) is 8.85. The SMILES string of the molecule is COCCN(Cc1cccc(Br)c1)S(=O)(=O)c1ccc(C#N)cc1. The van der Waals surface area contributed by atoms with Crippen LogP contribution in [-0.2, 0) is 21.3 Å². The number of sulfonamides is 1. The summed E-state index contributed by atoms with van der Waals surface area (Å²) in [6.07, 6.45) is 0. The van der Waals surface area contributed by atoms with Crippen molar-refractivity contribution in [2.24, 2.45) is 0 Å². The minimum Gasteiger partial charge on any atom is -0.383 e. The monoisotopic (exact) mass is 408 g/mol. The Morgan fingerprint density at radius 3 is 2.50 bits per heavy atom. The maximum absolute atomic E-state index is 12.9. The summed E-state index contributed by atoms with van der Waals surface area (Å²) in [5.41, 5.74) is 1.29. The highest BCUT2D eigenvalue weighted by atomic mass is 79.9. The molecule has 2 rings (SSSR count). The molecule has 2 aromatic rings. The highest BCUT2D eigenvalue weighted by molar-refractivity contribution is 9.10. The zero-order chi connectivity index (χ0) is 17.6. The van der Waals surface area contributed by atoms with Gasteiger partial charge in [0.15, 0.2) is 0 Å². The standard InChI is InChI=1S/C17H17BrN2O3S/c1-23-10-9-20(13-15-3-2-4-16(18)11-15)24(21,22)17-7-5-14(12-19)6-8-17/h2-8,11H,9-10,13H2,1H3. The number of nitriles is 1. The average Bonchev–Trinajstić information content (AvgIpc) is 2.58. The molecule has 0 saturated carbocycles. The molecule has 7 heteroatoms. The van der Waals surface area contributed by atoms with Crippen LogP contribution >= 0.6 is 15.9 Å². The second-order valence-electron chi connectivity index (χ2n) is 5.10. The lowest BCUT2D eigenvalue weighted by Gasteiger charge is -2.22. The number of ether oxygens (including phenoxy) is 1. The molecule has 5 nitrogen and oxygen atoms in total. The van der Waals surface area contributed by atoms with Crippen molar-refractivity contribution in [3.8, 4) is 6.07 Å². The molecule has 0 saturated heterocycles. The van der Waals surface area contributed by atoms with Crippen LogP contribution in [0.25, 0.3) is 0 Å². The smallest absolute Gasteiger partial charge is 0.243 e. The molecule has 0 amide bonds. The van der Waals surface area contributed by atoms with Gasteiger partial charge in [0, 0.05) is 24.7 Å². The Bertz CT molecular complexity index is 830. The minimum absolute atomic E-state index is 0.160. The third kappa shape index (κ3) is 4.65. The molecule has 2 aromatic carbocycles. The van der Waals surface area contributed by atoms with Gasteiger partial charge in [0.1, 0.15) is 0 Å². The van der Waals surface area contributed by atoms with Crippen molar-refractivity contribution in [3.63, 3.8) is 0 Å². The molecule has 0 atom stereocenters. The average molecular weight is 409 g/mol. The summed E-state index contributed by atoms with van der Waals surface area (Å²) in [6, 6.07) is 15.4. The summed E-state index contributed by atoms with van der Waals surface area (Å²) >= 11 is 3.39. The number of nitrogens with zero attached hydrogens (tertiary/aromatic N) is 2. The fraction of sp³-hybridized carbons (Fsp3) is 0.235. The van der Waals surface area contributed by atoms with Gasteiger partial charge < -0.3 is 4.74 Å². The molecular weight excluding hydrogens is 392 g/mol. The number of hydrogen-bond donors (Lipinski definition) is 0. The Hall–Kier alpha value is -1.72. The van der Waals surface area contributed by atoms with Crippen molar-refractivity contribution in [3.05, 3.63) is 64.1 Å². The first kappa shape index (κ1) is 18.6. The Morgan fingerprint density at radius 2 is 1.92 bits per heavy atom. The molecule has 0 heterocycles. The topological polar surface area (TPSA) is 70.4 Å². The van der Waals surface area contributed by atoms with Crippen LogP contribution in [0, 0.1) is 11.3 Å². The zero-order valence-electron chi connectivity index (χ0n) is 13.1. The lowest BCUT2D eigenvalue weighted by atomic mass is 10.2. The highest BCUT2D eigenvalue weighted by Crippen LogP contribution is 2.20. The molecule has 0 aliphatic carbocycles. The van der Waals surface area contributed by atoms with Gasteiger partial charge in [0.05, 0.1) is 23.1 Å². The van der Waals surface area contributed by atoms with E-state index in [4.69, 9.17) is 10.00 Å². The van der Waals surface area contributed by atoms with Crippen LogP contribution in [0.5, 0.6) is 0 Å². The summed E-state index contributed by atoms with van der Waals surface area (Å²) < 4.78 is 33.1. The summed E-state index contributed by atoms with van der Waals surface area (Å²) in [4.78, 5) is 0.160. The molecule has 0 aromatic heterocycles. The maximum atomic E-state index is 12.9. The van der Waals surface area contributed by atoms with Gasteiger partial charge in [0.25, 0.3) is 0 Å². The van der Waals surface area contributed by atoms with E-state index in [0.29, 0.717) is 12.2 Å². The van der Waals surface area contributed by atoms with E-state index in [-0.39, 0.29) is 18.0 Å². The van der Waals surface area contributed by atoms with Crippen LogP contribution in [0.4, 0.5) is 0 Å². The second kappa shape index (κ2) is 8.40. The third-order valence-corrected chi connectivity index (χ3v) is 5.77. The minimum atomic E-state index is -3.68. The predicted molar refractivity (Wildman–Crippen MR) is 94.8 cm³/mol. The van der Waals surface area contributed by atoms with E-state index in [1.807, 2.05) is 30.3 Å². The lowest BCUT2D eigenvalue weighted by molar-refractivity contribution is 0.177. The number of benzene rings is 2. The number of halogens is 1. The van der Waals surface area contributed by atoms with Crippen LogP contribution in [0.15, 0.2) is 57.9 Å². The molecule has 0 aliphatic rings. The molecule has 0 aliphatic heterocycles. The van der Waals surface area contributed by atoms with E-state index < -0.39 is 10.0 Å². The normalized spacial score (nSPS) is 11.4. The van der Waals surface area contributed by atoms with Crippen LogP contribution in [-0.4, -0.2) is 33.0 Å². The Kier molecular flexibility index (Phi) is 6.52. The van der Waals surface area contributed by atoms with Crippen LogP contribution in [0.3, 0.4) is 0 Å². The van der Waals surface area contributed by atoms with Crippen molar-refractivity contribution < 1.29 is 13.2 Å². The first-order valence-corrected chi connectivity index (χ1v) is 9.44. The van der Waals surface area contributed by atoms with Gasteiger partial charge in [-0.25, -0.2) is 8.42 Å². The number of hydrogen-bond acceptors (Lipinski definition) is 4. The van der Waals surface area contributed by atoms with E-state index in [2.05, 4.69) is 15.9 Å². The highest BCUT2D eigenvalue weighted by Gasteiger charge is 2.24. The van der Waals surface area contributed by atoms with E-state index in [9.17, 15) is 8.42 Å². The molecule has 126 valence electrons. The van der Waals surface area contributed by atoms with Gasteiger partial charge >= 0.3 is 0 Å². The second-order valence-corrected chi connectivity index (χ2v) is 7.95. The van der Waals surface area contributed by atoms with Crippen molar-refractivity contribution in [2.45, 2.75) is 11.4 Å². The molecule has 0 radical (unpaired) electrons. The van der Waals surface area contributed by atoms with Gasteiger partial charge in [-0.3, -0.25) is 0 Å². The van der Waals surface area contributed by atoms with Gasteiger partial charge in [-0.2, -0.15) is 9.57 Å². The third-order valence-electron chi connectivity index (χ3n) is 3.41. The molecular formula is C17H17BrN2O3S. The van der Waals surface area contributed by atoms with Crippen molar-refractivity contribution in [1.82, 2.24) is 4.31 Å². The zero-order valence-corrected chi connectivity index (χ0v) is 15.5. The van der Waals surface area contributed by atoms with E-state index >= 15 is 0 Å². The Morgan fingerprint density at radius 1 is 1.21 bits per heavy atom. The van der Waals surface area contributed by atoms with Gasteiger partial charge in [-0.15, -0.1) is 0 Å². The van der Waals surface area contributed by atoms with Crippen LogP contribution < -0.4 is 0 Å². The van der Waals surface area contributed by atoms with Crippen molar-refractivity contribution >= 4 is 26.0 Å². The summed E-state index contributed by atoms with van der Waals surface area (Å²) in [5.74, 6) is 0. The predicted octanol–water partition coefficient (Wildman–Crippen LogP) is 3.16. The molecule has 0 bridgehead atoms. The molecule has 0 fully saturated rings. The molecule has 0 spiro atoms. The number of rotatable bonds is 7.